The molecule has 3 rings (SSSR count). The van der Waals surface area contributed by atoms with Gasteiger partial charge in [-0.15, -0.1) is 0 Å². The zero-order valence-corrected chi connectivity index (χ0v) is 9.33. The van der Waals surface area contributed by atoms with Gasteiger partial charge in [-0.3, -0.25) is 4.98 Å². The monoisotopic (exact) mass is 239 g/mol. The number of phenols is 1. The molecule has 1 aromatic carbocycles. The van der Waals surface area contributed by atoms with Crippen molar-refractivity contribution in [1.82, 2.24) is 4.98 Å². The Hall–Kier alpha value is -2.62. The SMILES string of the molecule is O=c1oc(-c2ccccn2)cc2cccc(O)c12. The minimum Gasteiger partial charge on any atom is -0.507 e. The molecule has 0 aliphatic rings. The van der Waals surface area contributed by atoms with Gasteiger partial charge in [0.05, 0.1) is 0 Å². The highest BCUT2D eigenvalue weighted by Crippen LogP contribution is 2.25. The summed E-state index contributed by atoms with van der Waals surface area (Å²) in [7, 11) is 0. The lowest BCUT2D eigenvalue weighted by atomic mass is 10.1. The minimum absolute atomic E-state index is 0.0752. The molecule has 0 unspecified atom stereocenters. The standard InChI is InChI=1S/C14H9NO3/c16-11-6-3-4-9-8-12(18-14(17)13(9)11)10-5-1-2-7-15-10/h1-8,16H. The van der Waals surface area contributed by atoms with E-state index >= 15 is 0 Å². The molecule has 0 saturated heterocycles. The van der Waals surface area contributed by atoms with E-state index in [9.17, 15) is 9.90 Å². The molecule has 0 fully saturated rings. The molecular formula is C14H9NO3. The maximum Gasteiger partial charge on any atom is 0.348 e. The van der Waals surface area contributed by atoms with E-state index in [0.29, 0.717) is 16.8 Å². The van der Waals surface area contributed by atoms with Crippen LogP contribution in [0.15, 0.2) is 57.9 Å². The van der Waals surface area contributed by atoms with Gasteiger partial charge in [-0.1, -0.05) is 18.2 Å². The van der Waals surface area contributed by atoms with Gasteiger partial charge in [0.1, 0.15) is 16.8 Å². The van der Waals surface area contributed by atoms with Crippen molar-refractivity contribution >= 4 is 10.8 Å². The van der Waals surface area contributed by atoms with E-state index in [1.165, 1.54) is 6.07 Å². The number of rotatable bonds is 1. The number of benzene rings is 1. The van der Waals surface area contributed by atoms with Crippen LogP contribution < -0.4 is 5.63 Å². The van der Waals surface area contributed by atoms with Crippen LogP contribution in [0.4, 0.5) is 0 Å². The summed E-state index contributed by atoms with van der Waals surface area (Å²) in [5.41, 5.74) is 0.0195. The van der Waals surface area contributed by atoms with E-state index in [0.717, 1.165) is 0 Å². The van der Waals surface area contributed by atoms with Gasteiger partial charge in [0, 0.05) is 6.20 Å². The number of nitrogens with zero attached hydrogens (tertiary/aromatic N) is 1. The summed E-state index contributed by atoms with van der Waals surface area (Å²) >= 11 is 0. The molecule has 0 spiro atoms. The molecule has 2 aromatic heterocycles. The summed E-state index contributed by atoms with van der Waals surface area (Å²) < 4.78 is 5.18. The molecule has 3 aromatic rings. The molecular weight excluding hydrogens is 230 g/mol. The summed E-state index contributed by atoms with van der Waals surface area (Å²) in [6.07, 6.45) is 1.63. The second kappa shape index (κ2) is 4.00. The van der Waals surface area contributed by atoms with Gasteiger partial charge in [0.15, 0.2) is 5.76 Å². The molecule has 0 saturated carbocycles. The third-order valence-electron chi connectivity index (χ3n) is 2.69. The fourth-order valence-electron chi connectivity index (χ4n) is 1.86. The fourth-order valence-corrected chi connectivity index (χ4v) is 1.86. The summed E-state index contributed by atoms with van der Waals surface area (Å²) in [6.45, 7) is 0. The Labute approximate surface area is 102 Å². The number of hydrogen-bond acceptors (Lipinski definition) is 4. The van der Waals surface area contributed by atoms with Crippen molar-refractivity contribution in [2.24, 2.45) is 0 Å². The summed E-state index contributed by atoms with van der Waals surface area (Å²) in [4.78, 5) is 16.0. The van der Waals surface area contributed by atoms with Crippen LogP contribution >= 0.6 is 0 Å². The molecule has 18 heavy (non-hydrogen) atoms. The largest absolute Gasteiger partial charge is 0.507 e. The Bertz CT molecular complexity index is 763. The lowest BCUT2D eigenvalue weighted by Gasteiger charge is -2.02. The Morgan fingerprint density at radius 1 is 1.11 bits per heavy atom. The van der Waals surface area contributed by atoms with E-state index in [1.54, 1.807) is 36.5 Å². The van der Waals surface area contributed by atoms with Gasteiger partial charge in [-0.25, -0.2) is 4.79 Å². The van der Waals surface area contributed by atoms with Gasteiger partial charge in [-0.2, -0.15) is 0 Å². The van der Waals surface area contributed by atoms with Gasteiger partial charge >= 0.3 is 5.63 Å². The fraction of sp³-hybridized carbons (Fsp3) is 0. The molecule has 88 valence electrons. The smallest absolute Gasteiger partial charge is 0.348 e. The van der Waals surface area contributed by atoms with Crippen LogP contribution in [0, 0.1) is 0 Å². The number of aromatic hydroxyl groups is 1. The molecule has 0 radical (unpaired) electrons. The summed E-state index contributed by atoms with van der Waals surface area (Å²) in [5, 5.41) is 10.5. The van der Waals surface area contributed by atoms with Crippen molar-refractivity contribution in [3.05, 3.63) is 59.1 Å². The lowest BCUT2D eigenvalue weighted by Crippen LogP contribution is -2.00. The van der Waals surface area contributed by atoms with Crippen LogP contribution in [0.2, 0.25) is 0 Å². The Balaban J connectivity index is 2.33. The summed E-state index contributed by atoms with van der Waals surface area (Å²) in [5.74, 6) is 0.313. The molecule has 2 heterocycles. The van der Waals surface area contributed by atoms with Gasteiger partial charge < -0.3 is 9.52 Å². The van der Waals surface area contributed by atoms with E-state index in [2.05, 4.69) is 4.98 Å². The van der Waals surface area contributed by atoms with Crippen molar-refractivity contribution in [2.45, 2.75) is 0 Å². The molecule has 0 bridgehead atoms. The molecule has 0 amide bonds. The first-order valence-electron chi connectivity index (χ1n) is 5.43. The highest BCUT2D eigenvalue weighted by molar-refractivity contribution is 5.88. The Kier molecular flexibility index (Phi) is 2.34. The number of phenolic OH excluding ortho intramolecular Hbond substituents is 1. The third-order valence-corrected chi connectivity index (χ3v) is 2.69. The topological polar surface area (TPSA) is 63.3 Å². The third kappa shape index (κ3) is 1.64. The van der Waals surface area contributed by atoms with Crippen LogP contribution in [0.5, 0.6) is 5.75 Å². The number of hydrogen-bond donors (Lipinski definition) is 1. The highest BCUT2D eigenvalue weighted by atomic mass is 16.4. The van der Waals surface area contributed by atoms with E-state index in [4.69, 9.17) is 4.42 Å². The van der Waals surface area contributed by atoms with E-state index < -0.39 is 5.63 Å². The van der Waals surface area contributed by atoms with Crippen molar-refractivity contribution in [3.63, 3.8) is 0 Å². The lowest BCUT2D eigenvalue weighted by molar-refractivity contribution is 0.475. The predicted octanol–water partition coefficient (Wildman–Crippen LogP) is 2.56. The first-order chi connectivity index (χ1) is 8.75. The predicted molar refractivity (Wildman–Crippen MR) is 67.4 cm³/mol. The zero-order chi connectivity index (χ0) is 12.5. The molecule has 0 aliphatic heterocycles. The molecule has 4 heteroatoms. The van der Waals surface area contributed by atoms with Gasteiger partial charge in [0.2, 0.25) is 0 Å². The molecule has 0 aliphatic carbocycles. The van der Waals surface area contributed by atoms with Crippen molar-refractivity contribution in [1.29, 1.82) is 0 Å². The van der Waals surface area contributed by atoms with Gasteiger partial charge in [0.25, 0.3) is 0 Å². The van der Waals surface area contributed by atoms with Crippen LogP contribution in [-0.4, -0.2) is 10.1 Å². The molecule has 1 N–H and O–H groups in total. The summed E-state index contributed by atoms with van der Waals surface area (Å²) in [6, 6.07) is 11.9. The number of aromatic nitrogens is 1. The zero-order valence-electron chi connectivity index (χ0n) is 9.33. The van der Waals surface area contributed by atoms with Crippen molar-refractivity contribution in [2.75, 3.05) is 0 Å². The minimum atomic E-state index is -0.564. The first kappa shape index (κ1) is 10.5. The van der Waals surface area contributed by atoms with Crippen LogP contribution in [0.25, 0.3) is 22.2 Å². The highest BCUT2D eigenvalue weighted by Gasteiger charge is 2.09. The Morgan fingerprint density at radius 3 is 2.78 bits per heavy atom. The van der Waals surface area contributed by atoms with E-state index in [1.807, 2.05) is 6.07 Å². The first-order valence-corrected chi connectivity index (χ1v) is 5.43. The normalized spacial score (nSPS) is 10.7. The number of pyridine rings is 1. The second-order valence-corrected chi connectivity index (χ2v) is 3.85. The quantitative estimate of drug-likeness (QED) is 0.708. The van der Waals surface area contributed by atoms with Crippen LogP contribution in [0.3, 0.4) is 0 Å². The van der Waals surface area contributed by atoms with Crippen molar-refractivity contribution in [3.8, 4) is 17.2 Å². The van der Waals surface area contributed by atoms with Gasteiger partial charge in [-0.05, 0) is 29.7 Å². The molecule has 0 atom stereocenters. The molecule has 4 nitrogen and oxygen atoms in total. The average Bonchev–Trinajstić information content (AvgIpc) is 2.39. The van der Waals surface area contributed by atoms with Crippen LogP contribution in [0.1, 0.15) is 0 Å². The van der Waals surface area contributed by atoms with Crippen molar-refractivity contribution < 1.29 is 9.52 Å². The maximum absolute atomic E-state index is 11.8. The number of fused-ring (bicyclic) bond motifs is 1. The van der Waals surface area contributed by atoms with Crippen LogP contribution in [-0.2, 0) is 0 Å². The Morgan fingerprint density at radius 2 is 2.00 bits per heavy atom. The average molecular weight is 239 g/mol. The van der Waals surface area contributed by atoms with E-state index in [-0.39, 0.29) is 11.1 Å². The maximum atomic E-state index is 11.8. The second-order valence-electron chi connectivity index (χ2n) is 3.85.